The molecular formula is C26H21NO2. The highest BCUT2D eigenvalue weighted by atomic mass is 16.5. The molecule has 2 unspecified atom stereocenters. The minimum absolute atomic E-state index is 0.107. The molecule has 1 heterocycles. The number of nitrogens with zero attached hydrogens (tertiary/aromatic N) is 1. The molecule has 0 fully saturated rings. The molecule has 2 atom stereocenters. The lowest BCUT2D eigenvalue weighted by molar-refractivity contribution is 0.0794. The van der Waals surface area contributed by atoms with E-state index in [1.807, 2.05) is 36.4 Å². The summed E-state index contributed by atoms with van der Waals surface area (Å²) in [6.07, 6.45) is 3.60. The molecule has 29 heavy (non-hydrogen) atoms. The molecule has 0 saturated heterocycles. The SMILES string of the molecule is N#Cc1cccc(-c2ccc3c(c2)C(=O)CC(C2CCCc4ccccc42)O3)c1. The molecule has 3 nitrogen and oxygen atoms in total. The number of hydrogen-bond donors (Lipinski definition) is 0. The fraction of sp³-hybridized carbons (Fsp3) is 0.231. The minimum Gasteiger partial charge on any atom is -0.489 e. The zero-order valence-electron chi connectivity index (χ0n) is 16.1. The molecule has 0 radical (unpaired) electrons. The van der Waals surface area contributed by atoms with Crippen molar-refractivity contribution >= 4 is 5.78 Å². The summed E-state index contributed by atoms with van der Waals surface area (Å²) >= 11 is 0. The first-order chi connectivity index (χ1) is 14.2. The molecule has 3 heteroatoms. The number of ether oxygens (including phenoxy) is 1. The maximum atomic E-state index is 13.0. The van der Waals surface area contributed by atoms with Crippen LogP contribution >= 0.6 is 0 Å². The van der Waals surface area contributed by atoms with Gasteiger partial charge in [0.25, 0.3) is 0 Å². The third kappa shape index (κ3) is 3.21. The third-order valence-electron chi connectivity index (χ3n) is 6.13. The summed E-state index contributed by atoms with van der Waals surface area (Å²) in [5.74, 6) is 1.08. The van der Waals surface area contributed by atoms with Gasteiger partial charge >= 0.3 is 0 Å². The second-order valence-corrected chi connectivity index (χ2v) is 7.88. The monoisotopic (exact) mass is 379 g/mol. The number of Topliss-reactive ketones (excluding diaryl/α,β-unsaturated/α-hetero) is 1. The Balaban J connectivity index is 1.46. The lowest BCUT2D eigenvalue weighted by atomic mass is 9.77. The second kappa shape index (κ2) is 7.22. The smallest absolute Gasteiger partial charge is 0.170 e. The van der Waals surface area contributed by atoms with Crippen molar-refractivity contribution < 1.29 is 9.53 Å². The topological polar surface area (TPSA) is 50.1 Å². The van der Waals surface area contributed by atoms with Crippen molar-refractivity contribution in [1.29, 1.82) is 5.26 Å². The fourth-order valence-corrected chi connectivity index (χ4v) is 4.70. The summed E-state index contributed by atoms with van der Waals surface area (Å²) in [5.41, 5.74) is 5.84. The van der Waals surface area contributed by atoms with E-state index in [4.69, 9.17) is 10.00 Å². The number of carbonyl (C=O) groups is 1. The number of rotatable bonds is 2. The van der Waals surface area contributed by atoms with Crippen LogP contribution in [0.2, 0.25) is 0 Å². The van der Waals surface area contributed by atoms with E-state index >= 15 is 0 Å². The van der Waals surface area contributed by atoms with Crippen LogP contribution in [0.4, 0.5) is 0 Å². The number of nitriles is 1. The van der Waals surface area contributed by atoms with E-state index in [-0.39, 0.29) is 17.8 Å². The number of carbonyl (C=O) groups excluding carboxylic acids is 1. The quantitative estimate of drug-likeness (QED) is 0.576. The van der Waals surface area contributed by atoms with Crippen LogP contribution in [0.25, 0.3) is 11.1 Å². The molecule has 142 valence electrons. The summed E-state index contributed by atoms with van der Waals surface area (Å²) in [7, 11) is 0. The van der Waals surface area contributed by atoms with Gasteiger partial charge in [-0.2, -0.15) is 5.26 Å². The molecule has 3 aromatic carbocycles. The minimum atomic E-state index is -0.107. The number of hydrogen-bond acceptors (Lipinski definition) is 3. The van der Waals surface area contributed by atoms with E-state index in [1.54, 1.807) is 6.07 Å². The van der Waals surface area contributed by atoms with Crippen LogP contribution in [0.1, 0.15) is 52.2 Å². The Morgan fingerprint density at radius 1 is 0.966 bits per heavy atom. The molecule has 0 saturated carbocycles. The van der Waals surface area contributed by atoms with Gasteiger partial charge in [-0.1, -0.05) is 42.5 Å². The number of benzene rings is 3. The largest absolute Gasteiger partial charge is 0.489 e. The molecule has 1 aliphatic carbocycles. The Hall–Kier alpha value is -3.38. The van der Waals surface area contributed by atoms with Gasteiger partial charge in [0.2, 0.25) is 0 Å². The van der Waals surface area contributed by atoms with E-state index in [0.29, 0.717) is 23.3 Å². The summed E-state index contributed by atoms with van der Waals surface area (Å²) < 4.78 is 6.36. The molecule has 2 aliphatic rings. The lowest BCUT2D eigenvalue weighted by Crippen LogP contribution is -2.34. The molecule has 0 spiro atoms. The molecule has 0 bridgehead atoms. The Labute approximate surface area is 170 Å². The average molecular weight is 379 g/mol. The van der Waals surface area contributed by atoms with E-state index in [0.717, 1.165) is 30.4 Å². The van der Waals surface area contributed by atoms with Gasteiger partial charge in [0.05, 0.1) is 17.2 Å². The Morgan fingerprint density at radius 2 is 1.83 bits per heavy atom. The first-order valence-corrected chi connectivity index (χ1v) is 10.1. The van der Waals surface area contributed by atoms with Crippen LogP contribution in [0.5, 0.6) is 5.75 Å². The average Bonchev–Trinajstić information content (AvgIpc) is 2.78. The Kier molecular flexibility index (Phi) is 4.41. The van der Waals surface area contributed by atoms with Gasteiger partial charge < -0.3 is 4.74 Å². The van der Waals surface area contributed by atoms with Crippen LogP contribution in [-0.2, 0) is 6.42 Å². The molecule has 0 amide bonds. The normalized spacial score (nSPS) is 20.2. The molecule has 3 aromatic rings. The first-order valence-electron chi connectivity index (χ1n) is 10.1. The number of fused-ring (bicyclic) bond motifs is 2. The van der Waals surface area contributed by atoms with Crippen molar-refractivity contribution in [1.82, 2.24) is 0 Å². The van der Waals surface area contributed by atoms with Gasteiger partial charge in [-0.25, -0.2) is 0 Å². The van der Waals surface area contributed by atoms with Gasteiger partial charge in [0, 0.05) is 12.3 Å². The standard InChI is InChI=1S/C26H21NO2/c27-16-17-5-3-8-19(13-17)20-11-12-25-23(14-20)24(28)15-26(29-25)22-10-4-7-18-6-1-2-9-21(18)22/h1-3,5-6,8-9,11-14,22,26H,4,7,10,15H2. The van der Waals surface area contributed by atoms with E-state index in [1.165, 1.54) is 11.1 Å². The van der Waals surface area contributed by atoms with Crippen LogP contribution in [0.15, 0.2) is 66.7 Å². The molecule has 0 N–H and O–H groups in total. The van der Waals surface area contributed by atoms with Gasteiger partial charge in [0.15, 0.2) is 5.78 Å². The van der Waals surface area contributed by atoms with Crippen LogP contribution in [0.3, 0.4) is 0 Å². The van der Waals surface area contributed by atoms with Crippen LogP contribution in [0, 0.1) is 11.3 Å². The maximum Gasteiger partial charge on any atom is 0.170 e. The van der Waals surface area contributed by atoms with Crippen LogP contribution in [-0.4, -0.2) is 11.9 Å². The van der Waals surface area contributed by atoms with Crippen molar-refractivity contribution in [3.05, 3.63) is 89.0 Å². The van der Waals surface area contributed by atoms with E-state index in [2.05, 4.69) is 30.3 Å². The molecule has 1 aliphatic heterocycles. The van der Waals surface area contributed by atoms with E-state index in [9.17, 15) is 4.79 Å². The highest BCUT2D eigenvalue weighted by molar-refractivity contribution is 6.01. The lowest BCUT2D eigenvalue weighted by Gasteiger charge is -2.35. The third-order valence-corrected chi connectivity index (χ3v) is 6.13. The van der Waals surface area contributed by atoms with Gasteiger partial charge in [-0.15, -0.1) is 0 Å². The number of aryl methyl sites for hydroxylation is 1. The summed E-state index contributed by atoms with van der Waals surface area (Å²) in [4.78, 5) is 13.0. The zero-order chi connectivity index (χ0) is 19.8. The second-order valence-electron chi connectivity index (χ2n) is 7.88. The summed E-state index contributed by atoms with van der Waals surface area (Å²) in [6, 6.07) is 23.9. The Bertz CT molecular complexity index is 1140. The van der Waals surface area contributed by atoms with Gasteiger partial charge in [-0.3, -0.25) is 4.79 Å². The molecule has 5 rings (SSSR count). The molecule has 0 aromatic heterocycles. The summed E-state index contributed by atoms with van der Waals surface area (Å²) in [6.45, 7) is 0. The summed E-state index contributed by atoms with van der Waals surface area (Å²) in [5, 5.41) is 9.14. The fourth-order valence-electron chi connectivity index (χ4n) is 4.70. The van der Waals surface area contributed by atoms with Crippen LogP contribution < -0.4 is 4.74 Å². The van der Waals surface area contributed by atoms with E-state index < -0.39 is 0 Å². The van der Waals surface area contributed by atoms with Crippen molar-refractivity contribution in [3.63, 3.8) is 0 Å². The zero-order valence-corrected chi connectivity index (χ0v) is 16.1. The van der Waals surface area contributed by atoms with Crippen molar-refractivity contribution in [2.24, 2.45) is 0 Å². The first kappa shape index (κ1) is 17.7. The highest BCUT2D eigenvalue weighted by Crippen LogP contribution is 2.41. The van der Waals surface area contributed by atoms with Crippen molar-refractivity contribution in [2.75, 3.05) is 0 Å². The highest BCUT2D eigenvalue weighted by Gasteiger charge is 2.35. The van der Waals surface area contributed by atoms with Crippen molar-refractivity contribution in [2.45, 2.75) is 37.7 Å². The maximum absolute atomic E-state index is 13.0. The Morgan fingerprint density at radius 3 is 2.72 bits per heavy atom. The number of ketones is 1. The van der Waals surface area contributed by atoms with Gasteiger partial charge in [0.1, 0.15) is 11.9 Å². The predicted molar refractivity (Wildman–Crippen MR) is 112 cm³/mol. The van der Waals surface area contributed by atoms with Crippen molar-refractivity contribution in [3.8, 4) is 22.9 Å². The molecular weight excluding hydrogens is 358 g/mol. The predicted octanol–water partition coefficient (Wildman–Crippen LogP) is 5.68. The van der Waals surface area contributed by atoms with Gasteiger partial charge in [-0.05, 0) is 65.8 Å².